The number of allylic oxidation sites excluding steroid dienone is 6. The summed E-state index contributed by atoms with van der Waals surface area (Å²) in [7, 11) is 0. The summed E-state index contributed by atoms with van der Waals surface area (Å²) in [5.41, 5.74) is 4.18. The van der Waals surface area contributed by atoms with Crippen LogP contribution >= 0.6 is 0 Å². The highest BCUT2D eigenvalue weighted by molar-refractivity contribution is 6.01. The van der Waals surface area contributed by atoms with Gasteiger partial charge >= 0.3 is 0 Å². The molecule has 0 N–H and O–H groups in total. The Morgan fingerprint density at radius 2 is 1.90 bits per heavy atom. The van der Waals surface area contributed by atoms with Crippen molar-refractivity contribution in [2.45, 2.75) is 52.4 Å². The molecule has 4 aliphatic carbocycles. The molecule has 4 aliphatic rings. The second-order valence-electron chi connectivity index (χ2n) is 7.54. The lowest BCUT2D eigenvalue weighted by atomic mass is 9.56. The number of Topliss-reactive ketones (excluding diaryl/α,β-unsaturated/α-hetero) is 1. The molecular formula is C19H22O2. The lowest BCUT2D eigenvalue weighted by molar-refractivity contribution is -0.126. The van der Waals surface area contributed by atoms with E-state index in [4.69, 9.17) is 0 Å². The minimum absolute atomic E-state index is 0.0611. The first kappa shape index (κ1) is 13.2. The Balaban J connectivity index is 1.84. The molecule has 0 aromatic heterocycles. The predicted molar refractivity (Wildman–Crippen MR) is 81.7 cm³/mol. The zero-order chi connectivity index (χ0) is 14.8. The van der Waals surface area contributed by atoms with Crippen molar-refractivity contribution in [3.8, 4) is 0 Å². The van der Waals surface area contributed by atoms with Gasteiger partial charge in [0.15, 0.2) is 5.78 Å². The summed E-state index contributed by atoms with van der Waals surface area (Å²) in [4.78, 5) is 24.0. The molecule has 1 saturated carbocycles. The first-order valence-electron chi connectivity index (χ1n) is 8.15. The van der Waals surface area contributed by atoms with Crippen LogP contribution in [0.15, 0.2) is 34.9 Å². The van der Waals surface area contributed by atoms with Crippen LogP contribution in [0.2, 0.25) is 0 Å². The maximum Gasteiger partial charge on any atom is 0.178 e. The normalized spacial score (nSPS) is 41.6. The molecule has 2 heteroatoms. The van der Waals surface area contributed by atoms with Crippen LogP contribution in [-0.2, 0) is 9.59 Å². The van der Waals surface area contributed by atoms with Crippen molar-refractivity contribution in [3.63, 3.8) is 0 Å². The van der Waals surface area contributed by atoms with Crippen LogP contribution in [0.25, 0.3) is 0 Å². The summed E-state index contributed by atoms with van der Waals surface area (Å²) in [6.45, 7) is 4.44. The third-order valence-corrected chi connectivity index (χ3v) is 6.62. The Bertz CT molecular complexity index is 648. The van der Waals surface area contributed by atoms with E-state index in [0.29, 0.717) is 11.7 Å². The molecule has 0 aliphatic heterocycles. The van der Waals surface area contributed by atoms with Crippen LogP contribution in [0.5, 0.6) is 0 Å². The topological polar surface area (TPSA) is 34.1 Å². The summed E-state index contributed by atoms with van der Waals surface area (Å²) in [5, 5.41) is 0. The summed E-state index contributed by atoms with van der Waals surface area (Å²) < 4.78 is 0. The van der Waals surface area contributed by atoms with E-state index < -0.39 is 0 Å². The van der Waals surface area contributed by atoms with Crippen molar-refractivity contribution in [3.05, 3.63) is 34.9 Å². The molecule has 1 fully saturated rings. The van der Waals surface area contributed by atoms with Gasteiger partial charge in [-0.3, -0.25) is 9.59 Å². The van der Waals surface area contributed by atoms with Gasteiger partial charge in [0, 0.05) is 17.3 Å². The van der Waals surface area contributed by atoms with Crippen molar-refractivity contribution in [1.29, 1.82) is 0 Å². The van der Waals surface area contributed by atoms with Crippen LogP contribution in [-0.4, -0.2) is 11.6 Å². The highest BCUT2D eigenvalue weighted by Gasteiger charge is 2.53. The van der Waals surface area contributed by atoms with Gasteiger partial charge in [-0.05, 0) is 57.1 Å². The van der Waals surface area contributed by atoms with Crippen LogP contribution in [0.1, 0.15) is 52.4 Å². The Morgan fingerprint density at radius 3 is 2.71 bits per heavy atom. The number of hydrogen-bond acceptors (Lipinski definition) is 2. The monoisotopic (exact) mass is 282 g/mol. The van der Waals surface area contributed by atoms with Gasteiger partial charge in [0.2, 0.25) is 0 Å². The first-order valence-corrected chi connectivity index (χ1v) is 8.15. The van der Waals surface area contributed by atoms with E-state index in [9.17, 15) is 9.59 Å². The highest BCUT2D eigenvalue weighted by atomic mass is 16.1. The van der Waals surface area contributed by atoms with Gasteiger partial charge in [-0.2, -0.15) is 0 Å². The molecule has 0 bridgehead atoms. The molecular weight excluding hydrogens is 260 g/mol. The van der Waals surface area contributed by atoms with E-state index in [1.807, 2.05) is 6.08 Å². The second-order valence-corrected chi connectivity index (χ2v) is 7.54. The molecule has 0 radical (unpaired) electrons. The third-order valence-electron chi connectivity index (χ3n) is 6.62. The number of ketones is 2. The van der Waals surface area contributed by atoms with Crippen LogP contribution in [0, 0.1) is 16.7 Å². The summed E-state index contributed by atoms with van der Waals surface area (Å²) in [5.74, 6) is 1.06. The van der Waals surface area contributed by atoms with Crippen molar-refractivity contribution >= 4 is 11.6 Å². The molecule has 0 unspecified atom stereocenters. The van der Waals surface area contributed by atoms with Gasteiger partial charge in [0.25, 0.3) is 0 Å². The van der Waals surface area contributed by atoms with E-state index >= 15 is 0 Å². The molecule has 0 amide bonds. The van der Waals surface area contributed by atoms with E-state index in [-0.39, 0.29) is 16.6 Å². The maximum absolute atomic E-state index is 12.3. The van der Waals surface area contributed by atoms with E-state index in [2.05, 4.69) is 19.9 Å². The molecule has 0 aromatic rings. The smallest absolute Gasteiger partial charge is 0.178 e. The number of fused-ring (bicyclic) bond motifs is 4. The zero-order valence-electron chi connectivity index (χ0n) is 12.9. The Labute approximate surface area is 126 Å². The Morgan fingerprint density at radius 1 is 1.10 bits per heavy atom. The molecule has 0 spiro atoms. The predicted octanol–water partition coefficient (Wildman–Crippen LogP) is 3.93. The lowest BCUT2D eigenvalue weighted by Gasteiger charge is -2.48. The first-order chi connectivity index (χ1) is 9.95. The van der Waals surface area contributed by atoms with Crippen molar-refractivity contribution in [2.24, 2.45) is 16.7 Å². The fraction of sp³-hybridized carbons (Fsp3) is 0.579. The van der Waals surface area contributed by atoms with Crippen molar-refractivity contribution < 1.29 is 9.59 Å². The van der Waals surface area contributed by atoms with Gasteiger partial charge < -0.3 is 0 Å². The molecule has 2 nitrogen and oxygen atoms in total. The molecule has 4 rings (SSSR count). The minimum Gasteiger partial charge on any atom is -0.299 e. The molecule has 0 saturated heterocycles. The average Bonchev–Trinajstić information content (AvgIpc) is 2.76. The standard InChI is InChI=1S/C19H22O2/c1-18-9-7-13(20)11-12(18)3-4-14-15-5-6-17(21)19(15,2)10-8-16(14)18/h7,9,11,15H,3-6,8,10H2,1-2H3/t15-,18+,19-/m0/s1. The Kier molecular flexibility index (Phi) is 2.56. The Hall–Kier alpha value is -1.44. The molecule has 21 heavy (non-hydrogen) atoms. The number of hydrogen-bond donors (Lipinski definition) is 0. The van der Waals surface area contributed by atoms with Crippen molar-refractivity contribution in [1.82, 2.24) is 0 Å². The number of carbonyl (C=O) groups excluding carboxylic acids is 2. The van der Waals surface area contributed by atoms with Crippen LogP contribution in [0.3, 0.4) is 0 Å². The van der Waals surface area contributed by atoms with Gasteiger partial charge in [0.1, 0.15) is 5.78 Å². The van der Waals surface area contributed by atoms with Gasteiger partial charge in [0.05, 0.1) is 0 Å². The largest absolute Gasteiger partial charge is 0.299 e. The van der Waals surface area contributed by atoms with E-state index in [0.717, 1.165) is 38.5 Å². The SMILES string of the molecule is C[C@@]12C=CC(=O)C=C1CCC1=C2CC[C@]2(C)C(=O)CC[C@@H]12. The summed E-state index contributed by atoms with van der Waals surface area (Å²) in [6, 6.07) is 0. The third kappa shape index (κ3) is 1.59. The van der Waals surface area contributed by atoms with Crippen molar-refractivity contribution in [2.75, 3.05) is 0 Å². The molecule has 3 atom stereocenters. The highest BCUT2D eigenvalue weighted by Crippen LogP contribution is 2.60. The molecule has 0 aromatic carbocycles. The second kappa shape index (κ2) is 4.06. The van der Waals surface area contributed by atoms with Gasteiger partial charge in [-0.25, -0.2) is 0 Å². The number of carbonyl (C=O) groups is 2. The van der Waals surface area contributed by atoms with Crippen LogP contribution in [0.4, 0.5) is 0 Å². The fourth-order valence-electron chi connectivity index (χ4n) is 5.24. The minimum atomic E-state index is -0.107. The summed E-state index contributed by atoms with van der Waals surface area (Å²) >= 11 is 0. The van der Waals surface area contributed by atoms with E-state index in [1.165, 1.54) is 11.1 Å². The summed E-state index contributed by atoms with van der Waals surface area (Å²) in [6.07, 6.45) is 11.5. The quantitative estimate of drug-likeness (QED) is 0.631. The van der Waals surface area contributed by atoms with Gasteiger partial charge in [-0.15, -0.1) is 0 Å². The fourth-order valence-corrected chi connectivity index (χ4v) is 5.24. The maximum atomic E-state index is 12.3. The van der Waals surface area contributed by atoms with Gasteiger partial charge in [-0.1, -0.05) is 29.7 Å². The van der Waals surface area contributed by atoms with E-state index in [1.54, 1.807) is 11.6 Å². The zero-order valence-corrected chi connectivity index (χ0v) is 12.9. The average molecular weight is 282 g/mol. The molecule has 110 valence electrons. The number of rotatable bonds is 0. The lowest BCUT2D eigenvalue weighted by Crippen LogP contribution is -2.39. The molecule has 0 heterocycles. The van der Waals surface area contributed by atoms with Crippen LogP contribution < -0.4 is 0 Å².